The summed E-state index contributed by atoms with van der Waals surface area (Å²) in [5.74, 6) is 0.561. The lowest BCUT2D eigenvalue weighted by Crippen LogP contribution is -2.57. The van der Waals surface area contributed by atoms with Crippen LogP contribution in [-0.4, -0.2) is 55.8 Å². The molecule has 6 rings (SSSR count). The number of anilines is 3. The van der Waals surface area contributed by atoms with Gasteiger partial charge in [0.15, 0.2) is 0 Å². The number of carbonyl (C=O) groups is 2. The molecule has 13 nitrogen and oxygen atoms in total. The van der Waals surface area contributed by atoms with Gasteiger partial charge in [-0.1, -0.05) is 0 Å². The van der Waals surface area contributed by atoms with Gasteiger partial charge in [0.2, 0.25) is 0 Å². The molecule has 2 aliphatic rings. The molecule has 4 aromatic rings. The van der Waals surface area contributed by atoms with E-state index in [0.29, 0.717) is 23.8 Å². The minimum atomic E-state index is -0.579. The zero-order valence-electron chi connectivity index (χ0n) is 24.0. The molecule has 0 unspecified atom stereocenters. The molecule has 1 spiro atoms. The highest BCUT2D eigenvalue weighted by Crippen LogP contribution is 2.60. The molecule has 2 fully saturated rings. The monoisotopic (exact) mass is 574 g/mol. The topological polar surface area (TPSA) is 146 Å². The quantitative estimate of drug-likeness (QED) is 0.296. The van der Waals surface area contributed by atoms with Gasteiger partial charge in [-0.25, -0.2) is 19.4 Å². The Bertz CT molecular complexity index is 1720. The van der Waals surface area contributed by atoms with Crippen molar-refractivity contribution in [3.05, 3.63) is 53.3 Å². The number of hydrogen-bond donors (Lipinski definition) is 3. The van der Waals surface area contributed by atoms with Gasteiger partial charge < -0.3 is 20.1 Å². The molecule has 2 aliphatic carbocycles. The van der Waals surface area contributed by atoms with Gasteiger partial charge in [-0.15, -0.1) is 0 Å². The van der Waals surface area contributed by atoms with Crippen LogP contribution in [0.25, 0.3) is 22.2 Å². The highest BCUT2D eigenvalue weighted by Gasteiger charge is 2.54. The van der Waals surface area contributed by atoms with E-state index in [1.165, 1.54) is 7.11 Å². The standard InChI is InChI=1S/C29H34N8O5/c1-5-42-27(39)34-21-10-29(11-21)12-22(13-29)37-23-9-25(30-15-24(23)36(3)28(37)40)32-19-6-17(18-14-31-35(2)16-18)7-20(8-19)33-26(38)41-4/h6-9,14-16,21-22H,5,10-13H2,1-4H3,(H,30,32)(H,33,38)(H,34,39). The van der Waals surface area contributed by atoms with Crippen LogP contribution < -0.4 is 21.6 Å². The minimum absolute atomic E-state index is 0.0739. The van der Waals surface area contributed by atoms with Gasteiger partial charge in [0, 0.05) is 55.4 Å². The normalized spacial score (nSPS) is 21.0. The predicted octanol–water partition coefficient (Wildman–Crippen LogP) is 4.29. The second-order valence-electron chi connectivity index (χ2n) is 11.2. The number of nitrogens with one attached hydrogen (secondary N) is 3. The summed E-state index contributed by atoms with van der Waals surface area (Å²) in [5, 5.41) is 13.2. The molecular formula is C29H34N8O5. The Morgan fingerprint density at radius 3 is 2.45 bits per heavy atom. The summed E-state index contributed by atoms with van der Waals surface area (Å²) in [6.07, 6.45) is 7.94. The third-order valence-electron chi connectivity index (χ3n) is 8.31. The maximum absolute atomic E-state index is 13.3. The van der Waals surface area contributed by atoms with Crippen molar-refractivity contribution in [3.63, 3.8) is 0 Å². The van der Waals surface area contributed by atoms with E-state index < -0.39 is 6.09 Å². The third kappa shape index (κ3) is 5.06. The molecule has 0 bridgehead atoms. The summed E-state index contributed by atoms with van der Waals surface area (Å²) in [7, 11) is 4.91. The van der Waals surface area contributed by atoms with Crippen LogP contribution in [0.2, 0.25) is 0 Å². The Balaban J connectivity index is 1.24. The van der Waals surface area contributed by atoms with E-state index in [4.69, 9.17) is 9.47 Å². The van der Waals surface area contributed by atoms with Crippen molar-refractivity contribution in [2.75, 3.05) is 24.4 Å². The molecule has 0 atom stereocenters. The van der Waals surface area contributed by atoms with Crippen molar-refractivity contribution in [3.8, 4) is 11.1 Å². The lowest BCUT2D eigenvalue weighted by molar-refractivity contribution is -0.0415. The molecule has 220 valence electrons. The Morgan fingerprint density at radius 1 is 1.00 bits per heavy atom. The summed E-state index contributed by atoms with van der Waals surface area (Å²) >= 11 is 0. The lowest BCUT2D eigenvalue weighted by atomic mass is 9.52. The first-order valence-electron chi connectivity index (χ1n) is 13.9. The summed E-state index contributed by atoms with van der Waals surface area (Å²) in [6, 6.07) is 7.65. The zero-order valence-corrected chi connectivity index (χ0v) is 24.0. The number of fused-ring (bicyclic) bond motifs is 1. The van der Waals surface area contributed by atoms with Crippen molar-refractivity contribution in [1.29, 1.82) is 0 Å². The number of methoxy groups -OCH3 is 1. The van der Waals surface area contributed by atoms with E-state index in [1.807, 2.05) is 36.0 Å². The molecule has 1 aromatic carbocycles. The van der Waals surface area contributed by atoms with Crippen LogP contribution in [0.1, 0.15) is 38.6 Å². The van der Waals surface area contributed by atoms with Crippen LogP contribution in [0.15, 0.2) is 47.7 Å². The molecule has 2 amide bonds. The number of pyridine rings is 1. The van der Waals surface area contributed by atoms with Crippen LogP contribution in [0.3, 0.4) is 0 Å². The number of imidazole rings is 1. The van der Waals surface area contributed by atoms with Crippen molar-refractivity contribution in [2.24, 2.45) is 19.5 Å². The summed E-state index contributed by atoms with van der Waals surface area (Å²) in [6.45, 7) is 2.14. The predicted molar refractivity (Wildman–Crippen MR) is 157 cm³/mol. The molecule has 3 N–H and O–H groups in total. The van der Waals surface area contributed by atoms with E-state index in [0.717, 1.165) is 47.8 Å². The number of carbonyl (C=O) groups excluding carboxylic acids is 2. The first-order chi connectivity index (χ1) is 20.2. The van der Waals surface area contributed by atoms with Crippen LogP contribution in [0.4, 0.5) is 26.8 Å². The van der Waals surface area contributed by atoms with E-state index >= 15 is 0 Å². The number of amides is 2. The average molecular weight is 575 g/mol. The summed E-state index contributed by atoms with van der Waals surface area (Å²) in [4.78, 5) is 41.6. The fourth-order valence-electron chi connectivity index (χ4n) is 6.39. The molecule has 3 aromatic heterocycles. The molecule has 0 radical (unpaired) electrons. The maximum Gasteiger partial charge on any atom is 0.411 e. The largest absolute Gasteiger partial charge is 0.453 e. The number of alkyl carbamates (subject to hydrolysis) is 1. The second-order valence-corrected chi connectivity index (χ2v) is 11.2. The average Bonchev–Trinajstić information content (AvgIpc) is 3.45. The van der Waals surface area contributed by atoms with Crippen molar-refractivity contribution < 1.29 is 19.1 Å². The first-order valence-corrected chi connectivity index (χ1v) is 13.9. The number of nitrogens with zero attached hydrogens (tertiary/aromatic N) is 5. The van der Waals surface area contributed by atoms with Crippen LogP contribution in [0, 0.1) is 5.41 Å². The van der Waals surface area contributed by atoms with E-state index in [-0.39, 0.29) is 29.3 Å². The number of rotatable bonds is 7. The Labute approximate surface area is 241 Å². The van der Waals surface area contributed by atoms with Crippen LogP contribution in [-0.2, 0) is 23.6 Å². The maximum atomic E-state index is 13.3. The van der Waals surface area contributed by atoms with E-state index in [9.17, 15) is 14.4 Å². The molecule has 13 heteroatoms. The van der Waals surface area contributed by atoms with Gasteiger partial charge >= 0.3 is 17.9 Å². The van der Waals surface area contributed by atoms with Gasteiger partial charge in [-0.2, -0.15) is 5.10 Å². The van der Waals surface area contributed by atoms with Gasteiger partial charge in [-0.05, 0) is 61.8 Å². The molecule has 0 saturated heterocycles. The van der Waals surface area contributed by atoms with Gasteiger partial charge in [0.05, 0.1) is 37.1 Å². The first kappa shape index (κ1) is 27.4. The van der Waals surface area contributed by atoms with Crippen molar-refractivity contribution in [2.45, 2.75) is 44.7 Å². The Kier molecular flexibility index (Phi) is 6.87. The van der Waals surface area contributed by atoms with E-state index in [2.05, 4.69) is 26.0 Å². The van der Waals surface area contributed by atoms with Crippen LogP contribution >= 0.6 is 0 Å². The third-order valence-corrected chi connectivity index (χ3v) is 8.31. The number of ether oxygens (including phenoxy) is 2. The molecule has 42 heavy (non-hydrogen) atoms. The lowest BCUT2D eigenvalue weighted by Gasteiger charge is -2.57. The fourth-order valence-corrected chi connectivity index (χ4v) is 6.39. The van der Waals surface area contributed by atoms with Crippen molar-refractivity contribution >= 4 is 40.4 Å². The van der Waals surface area contributed by atoms with Gasteiger partial charge in [0.1, 0.15) is 5.82 Å². The molecular weight excluding hydrogens is 540 g/mol. The smallest absolute Gasteiger partial charge is 0.411 e. The van der Waals surface area contributed by atoms with Gasteiger partial charge in [-0.3, -0.25) is 19.1 Å². The molecule has 0 aliphatic heterocycles. The van der Waals surface area contributed by atoms with Gasteiger partial charge in [0.25, 0.3) is 0 Å². The second kappa shape index (κ2) is 10.5. The number of aryl methyl sites for hydroxylation is 2. The number of aromatic nitrogens is 5. The summed E-state index contributed by atoms with van der Waals surface area (Å²) < 4.78 is 15.0. The summed E-state index contributed by atoms with van der Waals surface area (Å²) in [5.41, 5.74) is 4.58. The highest BCUT2D eigenvalue weighted by atomic mass is 16.5. The number of hydrogen-bond acceptors (Lipinski definition) is 8. The number of benzene rings is 1. The molecule has 3 heterocycles. The van der Waals surface area contributed by atoms with Crippen molar-refractivity contribution in [1.82, 2.24) is 29.2 Å². The van der Waals surface area contributed by atoms with E-state index in [1.54, 1.807) is 41.7 Å². The molecule has 2 saturated carbocycles. The fraction of sp³-hybridized carbons (Fsp3) is 0.414. The Morgan fingerprint density at radius 2 is 1.76 bits per heavy atom. The zero-order chi connectivity index (χ0) is 29.6. The Hall–Kier alpha value is -4.81. The highest BCUT2D eigenvalue weighted by molar-refractivity contribution is 5.88. The SMILES string of the molecule is CCOC(=O)NC1CC2(C1)CC(n1c(=O)n(C)c3cnc(Nc4cc(NC(=O)OC)cc(-c5cnn(C)c5)c4)cc31)C2. The van der Waals surface area contributed by atoms with Crippen LogP contribution in [0.5, 0.6) is 0 Å². The minimum Gasteiger partial charge on any atom is -0.453 e.